The van der Waals surface area contributed by atoms with Gasteiger partial charge in [-0.25, -0.2) is 14.8 Å². The van der Waals surface area contributed by atoms with Crippen LogP contribution in [0.1, 0.15) is 6.92 Å². The fraction of sp³-hybridized carbons (Fsp3) is 0.250. The first-order valence-electron chi connectivity index (χ1n) is 4.48. The van der Waals surface area contributed by atoms with Crippen LogP contribution in [0.2, 0.25) is 0 Å². The van der Waals surface area contributed by atoms with Gasteiger partial charge in [0.15, 0.2) is 0 Å². The Bertz CT molecular complexity index is 573. The molecule has 0 atom stereocenters. The molecule has 2 heterocycles. The average Bonchev–Trinajstić information content (AvgIpc) is 2.71. The first kappa shape index (κ1) is 10.1. The number of nitrogens with one attached hydrogen (secondary N) is 1. The monoisotopic (exact) mass is 224 g/mol. The smallest absolute Gasteiger partial charge is 0.434 e. The molecule has 0 bridgehead atoms. The molecular formula is C8H8N4O4. The Morgan fingerprint density at radius 1 is 1.56 bits per heavy atom. The van der Waals surface area contributed by atoms with Crippen LogP contribution < -0.4 is 10.3 Å². The second kappa shape index (κ2) is 4.01. The molecule has 0 amide bonds. The molecule has 8 heteroatoms. The lowest BCUT2D eigenvalue weighted by Gasteiger charge is -2.02. The second-order valence-corrected chi connectivity index (χ2v) is 2.74. The molecule has 0 fully saturated rings. The molecule has 0 aliphatic heterocycles. The van der Waals surface area contributed by atoms with Crippen molar-refractivity contribution in [1.82, 2.24) is 19.6 Å². The zero-order valence-electron chi connectivity index (χ0n) is 8.34. The Morgan fingerprint density at radius 3 is 3.12 bits per heavy atom. The van der Waals surface area contributed by atoms with E-state index in [4.69, 9.17) is 0 Å². The van der Waals surface area contributed by atoms with Crippen molar-refractivity contribution in [2.45, 2.75) is 6.92 Å². The fourth-order valence-corrected chi connectivity index (χ4v) is 1.09. The van der Waals surface area contributed by atoms with E-state index < -0.39 is 11.7 Å². The summed E-state index contributed by atoms with van der Waals surface area (Å²) >= 11 is 0. The topological polar surface area (TPSA) is 98.6 Å². The van der Waals surface area contributed by atoms with Gasteiger partial charge in [0.1, 0.15) is 6.33 Å². The van der Waals surface area contributed by atoms with E-state index >= 15 is 0 Å². The van der Waals surface area contributed by atoms with Crippen molar-refractivity contribution in [3.05, 3.63) is 22.9 Å². The summed E-state index contributed by atoms with van der Waals surface area (Å²) < 4.78 is 10.2. The highest BCUT2D eigenvalue weighted by Gasteiger charge is 2.12. The van der Waals surface area contributed by atoms with Crippen LogP contribution in [0.4, 0.5) is 4.79 Å². The Morgan fingerprint density at radius 2 is 2.38 bits per heavy atom. The van der Waals surface area contributed by atoms with Crippen LogP contribution in [0.3, 0.4) is 0 Å². The minimum Gasteiger partial charge on any atom is -0.434 e. The van der Waals surface area contributed by atoms with Crippen molar-refractivity contribution in [3.63, 3.8) is 0 Å². The van der Waals surface area contributed by atoms with Gasteiger partial charge in [0.2, 0.25) is 5.75 Å². The predicted octanol–water partition coefficient (Wildman–Crippen LogP) is -0.0471. The molecule has 8 nitrogen and oxygen atoms in total. The van der Waals surface area contributed by atoms with E-state index in [2.05, 4.69) is 24.5 Å². The fourth-order valence-electron chi connectivity index (χ4n) is 1.09. The molecule has 0 aliphatic carbocycles. The summed E-state index contributed by atoms with van der Waals surface area (Å²) in [7, 11) is 0. The summed E-state index contributed by atoms with van der Waals surface area (Å²) in [5.41, 5.74) is -0.560. The lowest BCUT2D eigenvalue weighted by molar-refractivity contribution is 0.103. The van der Waals surface area contributed by atoms with Crippen LogP contribution in [0.5, 0.6) is 5.75 Å². The molecule has 2 rings (SSSR count). The molecule has 0 aromatic carbocycles. The summed E-state index contributed by atoms with van der Waals surface area (Å²) in [6.45, 7) is 1.80. The molecule has 2 aromatic rings. The zero-order chi connectivity index (χ0) is 11.5. The third kappa shape index (κ3) is 1.72. The number of hydrogen-bond acceptors (Lipinski definition) is 6. The summed E-state index contributed by atoms with van der Waals surface area (Å²) in [6, 6.07) is 0. The average molecular weight is 224 g/mol. The van der Waals surface area contributed by atoms with Gasteiger partial charge in [-0.2, -0.15) is 4.52 Å². The van der Waals surface area contributed by atoms with Crippen LogP contribution in [-0.4, -0.2) is 32.3 Å². The van der Waals surface area contributed by atoms with Crippen molar-refractivity contribution >= 4 is 11.9 Å². The van der Waals surface area contributed by atoms with Crippen LogP contribution >= 0.6 is 0 Å². The van der Waals surface area contributed by atoms with E-state index in [0.717, 1.165) is 10.7 Å². The minimum atomic E-state index is -0.944. The molecule has 84 valence electrons. The first-order chi connectivity index (χ1) is 7.72. The van der Waals surface area contributed by atoms with Gasteiger partial charge in [-0.15, -0.1) is 0 Å². The standard InChI is InChI=1S/C8H8N4O4/c1-2-15-8(14)16-5-3-9-7-10-4-11-12(7)6(5)13/h3-4H,2H2,1H3,(H,9,10,11). The van der Waals surface area contributed by atoms with Gasteiger partial charge in [-0.3, -0.25) is 9.89 Å². The van der Waals surface area contributed by atoms with Crippen molar-refractivity contribution in [2.24, 2.45) is 0 Å². The largest absolute Gasteiger partial charge is 0.514 e. The second-order valence-electron chi connectivity index (χ2n) is 2.74. The van der Waals surface area contributed by atoms with Crippen LogP contribution in [-0.2, 0) is 4.74 Å². The van der Waals surface area contributed by atoms with E-state index in [-0.39, 0.29) is 18.1 Å². The highest BCUT2D eigenvalue weighted by Crippen LogP contribution is 2.02. The highest BCUT2D eigenvalue weighted by atomic mass is 16.7. The van der Waals surface area contributed by atoms with Crippen molar-refractivity contribution in [1.29, 1.82) is 0 Å². The molecule has 0 spiro atoms. The quantitative estimate of drug-likeness (QED) is 0.718. The van der Waals surface area contributed by atoms with E-state index in [9.17, 15) is 9.59 Å². The number of carbonyl (C=O) groups is 1. The predicted molar refractivity (Wildman–Crippen MR) is 51.3 cm³/mol. The number of nitrogens with zero attached hydrogens (tertiary/aromatic N) is 3. The molecule has 2 aromatic heterocycles. The van der Waals surface area contributed by atoms with Crippen molar-refractivity contribution in [3.8, 4) is 5.75 Å². The van der Waals surface area contributed by atoms with E-state index in [1.165, 1.54) is 6.33 Å². The summed E-state index contributed by atoms with van der Waals surface area (Å²) in [5.74, 6) is -0.0265. The molecule has 0 saturated carbocycles. The van der Waals surface area contributed by atoms with Gasteiger partial charge in [-0.1, -0.05) is 0 Å². The SMILES string of the molecule is CCOC(=O)Oc1cnc2nc[nH]n2c1=O. The molecular weight excluding hydrogens is 216 g/mol. The zero-order valence-corrected chi connectivity index (χ0v) is 8.34. The number of H-pyrrole nitrogens is 1. The molecule has 0 aliphatic rings. The lowest BCUT2D eigenvalue weighted by atomic mass is 10.6. The number of rotatable bonds is 2. The molecule has 0 radical (unpaired) electrons. The maximum absolute atomic E-state index is 11.6. The van der Waals surface area contributed by atoms with E-state index in [0.29, 0.717) is 0 Å². The highest BCUT2D eigenvalue weighted by molar-refractivity contribution is 5.63. The number of aromatic nitrogens is 4. The van der Waals surface area contributed by atoms with Crippen molar-refractivity contribution in [2.75, 3.05) is 6.61 Å². The van der Waals surface area contributed by atoms with Gasteiger partial charge in [0, 0.05) is 0 Å². The Hall–Kier alpha value is -2.38. The number of aromatic amines is 1. The molecule has 1 N–H and O–H groups in total. The maximum Gasteiger partial charge on any atom is 0.514 e. The lowest BCUT2D eigenvalue weighted by Crippen LogP contribution is -2.21. The van der Waals surface area contributed by atoms with Crippen LogP contribution in [0.15, 0.2) is 17.3 Å². The summed E-state index contributed by atoms with van der Waals surface area (Å²) in [4.78, 5) is 30.2. The Kier molecular flexibility index (Phi) is 2.54. The summed E-state index contributed by atoms with van der Waals surface area (Å²) in [6.07, 6.45) is 1.48. The maximum atomic E-state index is 11.6. The number of hydrogen-bond donors (Lipinski definition) is 1. The van der Waals surface area contributed by atoms with Crippen LogP contribution in [0, 0.1) is 0 Å². The molecule has 0 unspecified atom stereocenters. The normalized spacial score (nSPS) is 10.3. The third-order valence-corrected chi connectivity index (χ3v) is 1.73. The van der Waals surface area contributed by atoms with Gasteiger partial charge in [0.05, 0.1) is 12.8 Å². The van der Waals surface area contributed by atoms with E-state index in [1.54, 1.807) is 6.92 Å². The first-order valence-corrected chi connectivity index (χ1v) is 4.48. The Balaban J connectivity index is 2.34. The van der Waals surface area contributed by atoms with Crippen molar-refractivity contribution < 1.29 is 14.3 Å². The number of ether oxygens (including phenoxy) is 2. The molecule has 16 heavy (non-hydrogen) atoms. The van der Waals surface area contributed by atoms with Gasteiger partial charge in [0.25, 0.3) is 5.78 Å². The Labute approximate surface area is 88.8 Å². The molecule has 0 saturated heterocycles. The van der Waals surface area contributed by atoms with Gasteiger partial charge >= 0.3 is 11.7 Å². The van der Waals surface area contributed by atoms with Crippen LogP contribution in [0.25, 0.3) is 5.78 Å². The van der Waals surface area contributed by atoms with E-state index in [1.807, 2.05) is 0 Å². The van der Waals surface area contributed by atoms with Gasteiger partial charge < -0.3 is 9.47 Å². The summed E-state index contributed by atoms with van der Waals surface area (Å²) in [5, 5.41) is 2.53. The van der Waals surface area contributed by atoms with Gasteiger partial charge in [-0.05, 0) is 6.92 Å². The number of fused-ring (bicyclic) bond motifs is 1. The minimum absolute atomic E-state index is 0.167. The number of carbonyl (C=O) groups excluding carboxylic acids is 1. The third-order valence-electron chi connectivity index (χ3n) is 1.73.